The fraction of sp³-hybridized carbons (Fsp3) is 0.222. The number of benzene rings is 2. The lowest BCUT2D eigenvalue weighted by molar-refractivity contribution is -0.123. The van der Waals surface area contributed by atoms with Gasteiger partial charge in [0.15, 0.2) is 6.61 Å². The molecule has 1 N–H and O–H groups in total. The summed E-state index contributed by atoms with van der Waals surface area (Å²) in [4.78, 5) is 11.7. The van der Waals surface area contributed by atoms with Gasteiger partial charge in [0.2, 0.25) is 0 Å². The van der Waals surface area contributed by atoms with Gasteiger partial charge < -0.3 is 9.47 Å². The topological polar surface area (TPSA) is 59.9 Å². The molecule has 5 heteroatoms. The molecule has 0 aliphatic rings. The standard InChI is InChI=1S/C18H20N2O3/c1-3-14-4-6-15(7-5-14)12-19-20-18(21)13-23-17-10-8-16(22-2)9-11-17/h4-12H,3,13H2,1-2H3,(H,20,21)/b19-12-. The normalized spacial score (nSPS) is 10.5. The SMILES string of the molecule is CCc1ccc(/C=N\NC(=O)COc2ccc(OC)cc2)cc1. The molecule has 0 spiro atoms. The number of ether oxygens (including phenoxy) is 2. The van der Waals surface area contributed by atoms with E-state index in [1.807, 2.05) is 24.3 Å². The van der Waals surface area contributed by atoms with Crippen LogP contribution in [-0.4, -0.2) is 25.8 Å². The van der Waals surface area contributed by atoms with E-state index in [0.29, 0.717) is 5.75 Å². The van der Waals surface area contributed by atoms with E-state index in [2.05, 4.69) is 17.5 Å². The smallest absolute Gasteiger partial charge is 0.277 e. The molecule has 23 heavy (non-hydrogen) atoms. The molecule has 0 fully saturated rings. The molecule has 1 amide bonds. The summed E-state index contributed by atoms with van der Waals surface area (Å²) in [5.41, 5.74) is 4.63. The van der Waals surface area contributed by atoms with E-state index in [1.54, 1.807) is 37.6 Å². The number of methoxy groups -OCH3 is 1. The summed E-state index contributed by atoms with van der Waals surface area (Å²) in [6.07, 6.45) is 2.60. The average Bonchev–Trinajstić information content (AvgIpc) is 2.61. The van der Waals surface area contributed by atoms with Gasteiger partial charge in [-0.15, -0.1) is 0 Å². The Bertz CT molecular complexity index is 649. The summed E-state index contributed by atoms with van der Waals surface area (Å²) in [6, 6.07) is 15.0. The Labute approximate surface area is 135 Å². The van der Waals surface area contributed by atoms with Crippen molar-refractivity contribution in [2.24, 2.45) is 5.10 Å². The van der Waals surface area contributed by atoms with E-state index in [4.69, 9.17) is 9.47 Å². The van der Waals surface area contributed by atoms with Crippen LogP contribution in [-0.2, 0) is 11.2 Å². The number of nitrogens with zero attached hydrogens (tertiary/aromatic N) is 1. The lowest BCUT2D eigenvalue weighted by Crippen LogP contribution is -2.24. The molecular formula is C18H20N2O3. The number of carbonyl (C=O) groups excluding carboxylic acids is 1. The molecule has 0 aliphatic heterocycles. The van der Waals surface area contributed by atoms with Crippen molar-refractivity contribution in [2.45, 2.75) is 13.3 Å². The zero-order valence-corrected chi connectivity index (χ0v) is 13.3. The predicted molar refractivity (Wildman–Crippen MR) is 90.0 cm³/mol. The number of rotatable bonds is 7. The molecule has 0 bridgehead atoms. The summed E-state index contributed by atoms with van der Waals surface area (Å²) in [6.45, 7) is 2.00. The van der Waals surface area contributed by atoms with E-state index >= 15 is 0 Å². The molecule has 5 nitrogen and oxygen atoms in total. The van der Waals surface area contributed by atoms with Gasteiger partial charge >= 0.3 is 0 Å². The maximum atomic E-state index is 11.7. The quantitative estimate of drug-likeness (QED) is 0.632. The molecule has 2 aromatic rings. The van der Waals surface area contributed by atoms with E-state index < -0.39 is 0 Å². The van der Waals surface area contributed by atoms with Crippen LogP contribution in [0.15, 0.2) is 53.6 Å². The Balaban J connectivity index is 1.76. The number of aryl methyl sites for hydroxylation is 1. The van der Waals surface area contributed by atoms with Gasteiger partial charge in [0.25, 0.3) is 5.91 Å². The van der Waals surface area contributed by atoms with Crippen molar-refractivity contribution in [3.05, 3.63) is 59.7 Å². The molecule has 0 aliphatic carbocycles. The van der Waals surface area contributed by atoms with Crippen LogP contribution in [0.1, 0.15) is 18.1 Å². The van der Waals surface area contributed by atoms with Crippen molar-refractivity contribution < 1.29 is 14.3 Å². The molecule has 0 aromatic heterocycles. The third-order valence-corrected chi connectivity index (χ3v) is 3.22. The number of nitrogens with one attached hydrogen (secondary N) is 1. The summed E-state index contributed by atoms with van der Waals surface area (Å²) in [5, 5.41) is 3.91. The highest BCUT2D eigenvalue weighted by molar-refractivity contribution is 5.82. The van der Waals surface area contributed by atoms with Gasteiger partial charge in [-0.05, 0) is 41.8 Å². The molecule has 0 saturated carbocycles. The first-order valence-corrected chi connectivity index (χ1v) is 7.39. The summed E-state index contributed by atoms with van der Waals surface area (Å²) >= 11 is 0. The molecule has 0 saturated heterocycles. The maximum absolute atomic E-state index is 11.7. The third-order valence-electron chi connectivity index (χ3n) is 3.22. The van der Waals surface area contributed by atoms with Gasteiger partial charge in [-0.25, -0.2) is 5.43 Å². The Morgan fingerprint density at radius 1 is 1.09 bits per heavy atom. The molecule has 2 rings (SSSR count). The van der Waals surface area contributed by atoms with Gasteiger partial charge in [0, 0.05) is 0 Å². The highest BCUT2D eigenvalue weighted by atomic mass is 16.5. The van der Waals surface area contributed by atoms with E-state index in [0.717, 1.165) is 17.7 Å². The van der Waals surface area contributed by atoms with Gasteiger partial charge in [0.05, 0.1) is 13.3 Å². The third kappa shape index (κ3) is 5.47. The Kier molecular flexibility index (Phi) is 6.17. The highest BCUT2D eigenvalue weighted by Gasteiger charge is 2.01. The van der Waals surface area contributed by atoms with Crippen molar-refractivity contribution in [1.29, 1.82) is 0 Å². The molecule has 0 heterocycles. The number of hydrazone groups is 1. The van der Waals surface area contributed by atoms with Crippen LogP contribution in [0.25, 0.3) is 0 Å². The van der Waals surface area contributed by atoms with E-state index in [9.17, 15) is 4.79 Å². The Hall–Kier alpha value is -2.82. The molecule has 120 valence electrons. The lowest BCUT2D eigenvalue weighted by atomic mass is 10.1. The number of hydrogen-bond donors (Lipinski definition) is 1. The lowest BCUT2D eigenvalue weighted by Gasteiger charge is -2.05. The second kappa shape index (κ2) is 8.58. The zero-order chi connectivity index (χ0) is 16.5. The van der Waals surface area contributed by atoms with E-state index in [1.165, 1.54) is 5.56 Å². The van der Waals surface area contributed by atoms with Crippen molar-refractivity contribution in [3.8, 4) is 11.5 Å². The summed E-state index contributed by atoms with van der Waals surface area (Å²) in [7, 11) is 1.59. The number of hydrogen-bond acceptors (Lipinski definition) is 4. The van der Waals surface area contributed by atoms with Crippen molar-refractivity contribution >= 4 is 12.1 Å². The van der Waals surface area contributed by atoms with Gasteiger partial charge in [0.1, 0.15) is 11.5 Å². The van der Waals surface area contributed by atoms with Crippen LogP contribution in [0, 0.1) is 0 Å². The van der Waals surface area contributed by atoms with Gasteiger partial charge in [-0.2, -0.15) is 5.10 Å². The van der Waals surface area contributed by atoms with Crippen molar-refractivity contribution in [1.82, 2.24) is 5.43 Å². The van der Waals surface area contributed by atoms with Crippen LogP contribution in [0.3, 0.4) is 0 Å². The monoisotopic (exact) mass is 312 g/mol. The van der Waals surface area contributed by atoms with Crippen LogP contribution in [0.4, 0.5) is 0 Å². The number of carbonyl (C=O) groups is 1. The van der Waals surface area contributed by atoms with Crippen molar-refractivity contribution in [3.63, 3.8) is 0 Å². The fourth-order valence-electron chi connectivity index (χ4n) is 1.87. The minimum Gasteiger partial charge on any atom is -0.497 e. The first kappa shape index (κ1) is 16.5. The number of amides is 1. The van der Waals surface area contributed by atoms with Crippen LogP contribution in [0.5, 0.6) is 11.5 Å². The van der Waals surface area contributed by atoms with Crippen molar-refractivity contribution in [2.75, 3.05) is 13.7 Å². The predicted octanol–water partition coefficient (Wildman–Crippen LogP) is 2.79. The molecular weight excluding hydrogens is 292 g/mol. The molecule has 0 atom stereocenters. The molecule has 2 aromatic carbocycles. The first-order valence-electron chi connectivity index (χ1n) is 7.39. The van der Waals surface area contributed by atoms with Gasteiger partial charge in [-0.3, -0.25) is 4.79 Å². The van der Waals surface area contributed by atoms with Gasteiger partial charge in [-0.1, -0.05) is 31.2 Å². The largest absolute Gasteiger partial charge is 0.497 e. The van der Waals surface area contributed by atoms with E-state index in [-0.39, 0.29) is 12.5 Å². The fourth-order valence-corrected chi connectivity index (χ4v) is 1.87. The average molecular weight is 312 g/mol. The Morgan fingerprint density at radius 3 is 2.35 bits per heavy atom. The summed E-state index contributed by atoms with van der Waals surface area (Å²) in [5.74, 6) is 1.02. The maximum Gasteiger partial charge on any atom is 0.277 e. The van der Waals surface area contributed by atoms with Crippen LogP contribution < -0.4 is 14.9 Å². The van der Waals surface area contributed by atoms with Crippen LogP contribution in [0.2, 0.25) is 0 Å². The zero-order valence-electron chi connectivity index (χ0n) is 13.3. The minimum atomic E-state index is -0.317. The molecule has 0 unspecified atom stereocenters. The second-order valence-electron chi connectivity index (χ2n) is 4.85. The highest BCUT2D eigenvalue weighted by Crippen LogP contribution is 2.16. The van der Waals surface area contributed by atoms with Crippen LogP contribution >= 0.6 is 0 Å². The Morgan fingerprint density at radius 2 is 1.74 bits per heavy atom. The molecule has 0 radical (unpaired) electrons. The first-order chi connectivity index (χ1) is 11.2. The second-order valence-corrected chi connectivity index (χ2v) is 4.85. The summed E-state index contributed by atoms with van der Waals surface area (Å²) < 4.78 is 10.4. The minimum absolute atomic E-state index is 0.0988.